The maximum absolute atomic E-state index is 13.0. The van der Waals surface area contributed by atoms with Gasteiger partial charge >= 0.3 is 12.1 Å². The molecule has 0 saturated carbocycles. The lowest BCUT2D eigenvalue weighted by molar-refractivity contribution is 0.0796. The molecule has 0 N–H and O–H groups in total. The first-order valence-corrected chi connectivity index (χ1v) is 5.19. The molecule has 0 aromatic heterocycles. The topological polar surface area (TPSA) is 34.1 Å². The number of halogens is 2. The van der Waals surface area contributed by atoms with Crippen LogP contribution in [0.4, 0.5) is 8.78 Å². The van der Waals surface area contributed by atoms with Crippen molar-refractivity contribution in [3.05, 3.63) is 59.7 Å². The summed E-state index contributed by atoms with van der Waals surface area (Å²) in [4.78, 5) is 21.7. The third-order valence-corrected chi connectivity index (χ3v) is 2.56. The van der Waals surface area contributed by atoms with Crippen LogP contribution in [0.25, 0.3) is 11.1 Å². The van der Waals surface area contributed by atoms with Crippen LogP contribution in [0.3, 0.4) is 0 Å². The lowest BCUT2D eigenvalue weighted by Gasteiger charge is -2.08. The van der Waals surface area contributed by atoms with Crippen LogP contribution in [-0.2, 0) is 0 Å². The molecule has 2 nitrogen and oxygen atoms in total. The summed E-state index contributed by atoms with van der Waals surface area (Å²) in [5.41, 5.74) is -0.340. The van der Waals surface area contributed by atoms with Crippen LogP contribution >= 0.6 is 0 Å². The molecule has 90 valence electrons. The van der Waals surface area contributed by atoms with Crippen LogP contribution in [0.15, 0.2) is 48.5 Å². The van der Waals surface area contributed by atoms with Crippen LogP contribution in [0.5, 0.6) is 0 Å². The van der Waals surface area contributed by atoms with Gasteiger partial charge in [0.15, 0.2) is 0 Å². The highest BCUT2D eigenvalue weighted by molar-refractivity contribution is 6.07. The Kier molecular flexibility index (Phi) is 3.28. The zero-order chi connectivity index (χ0) is 13.1. The van der Waals surface area contributed by atoms with Crippen molar-refractivity contribution in [2.45, 2.75) is 0 Å². The molecule has 0 saturated heterocycles. The van der Waals surface area contributed by atoms with E-state index in [9.17, 15) is 18.4 Å². The lowest BCUT2D eigenvalue weighted by atomic mass is 9.96. The van der Waals surface area contributed by atoms with Crippen molar-refractivity contribution < 1.29 is 18.4 Å². The highest BCUT2D eigenvalue weighted by Gasteiger charge is 2.21. The Morgan fingerprint density at radius 1 is 0.778 bits per heavy atom. The molecule has 0 fully saturated rings. The van der Waals surface area contributed by atoms with E-state index in [1.807, 2.05) is 0 Å². The van der Waals surface area contributed by atoms with Crippen molar-refractivity contribution in [3.63, 3.8) is 0 Å². The fourth-order valence-corrected chi connectivity index (χ4v) is 1.79. The second-order valence-corrected chi connectivity index (χ2v) is 3.64. The zero-order valence-electron chi connectivity index (χ0n) is 9.19. The van der Waals surface area contributed by atoms with Crippen LogP contribution < -0.4 is 0 Å². The smallest absolute Gasteiger partial charge is 0.255 e. The molecule has 0 bridgehead atoms. The Labute approximate surface area is 102 Å². The fraction of sp³-hybridized carbons (Fsp3) is 0. The van der Waals surface area contributed by atoms with Gasteiger partial charge in [-0.25, -0.2) is 0 Å². The molecule has 0 aliphatic carbocycles. The number of hydrogen-bond acceptors (Lipinski definition) is 2. The van der Waals surface area contributed by atoms with Crippen molar-refractivity contribution in [2.24, 2.45) is 0 Å². The maximum atomic E-state index is 13.0. The molecule has 0 radical (unpaired) electrons. The average Bonchev–Trinajstić information content (AvgIpc) is 2.38. The normalized spacial score (nSPS) is 10.1. The standard InChI is InChI=1S/C14H8F2O2/c15-13(17)11-8-4-7-10(12(11)14(16)18)9-5-2-1-3-6-9/h1-8H. The molecule has 18 heavy (non-hydrogen) atoms. The van der Waals surface area contributed by atoms with E-state index in [1.165, 1.54) is 12.1 Å². The summed E-state index contributed by atoms with van der Waals surface area (Å²) in [6, 6.07) is 8.76. The monoisotopic (exact) mass is 246 g/mol. The molecule has 0 aliphatic heterocycles. The molecule has 0 aliphatic rings. The van der Waals surface area contributed by atoms with Gasteiger partial charge in [0.25, 0.3) is 0 Å². The minimum atomic E-state index is -1.83. The van der Waals surface area contributed by atoms with Gasteiger partial charge in [-0.15, -0.1) is 0 Å². The molecule has 2 rings (SSSR count). The van der Waals surface area contributed by atoms with Crippen molar-refractivity contribution in [3.8, 4) is 11.1 Å². The van der Waals surface area contributed by atoms with E-state index < -0.39 is 23.2 Å². The zero-order valence-corrected chi connectivity index (χ0v) is 9.19. The Morgan fingerprint density at radius 3 is 2.00 bits per heavy atom. The van der Waals surface area contributed by atoms with E-state index in [1.54, 1.807) is 30.3 Å². The first kappa shape index (κ1) is 12.1. The van der Waals surface area contributed by atoms with Gasteiger partial charge in [0.2, 0.25) is 0 Å². The van der Waals surface area contributed by atoms with Crippen molar-refractivity contribution in [1.82, 2.24) is 0 Å². The van der Waals surface area contributed by atoms with E-state index in [-0.39, 0.29) is 5.56 Å². The van der Waals surface area contributed by atoms with Gasteiger partial charge in [0.05, 0.1) is 11.1 Å². The first-order chi connectivity index (χ1) is 8.61. The SMILES string of the molecule is O=C(F)c1cccc(-c2ccccc2)c1C(=O)F. The number of carbonyl (C=O) groups excluding carboxylic acids is 2. The van der Waals surface area contributed by atoms with Gasteiger partial charge in [0.1, 0.15) is 0 Å². The van der Waals surface area contributed by atoms with Crippen LogP contribution in [0.1, 0.15) is 20.7 Å². The summed E-state index contributed by atoms with van der Waals surface area (Å²) < 4.78 is 25.8. The largest absolute Gasteiger partial charge is 0.333 e. The Morgan fingerprint density at radius 2 is 1.44 bits per heavy atom. The minimum Gasteiger partial charge on any atom is -0.255 e. The first-order valence-electron chi connectivity index (χ1n) is 5.19. The molecule has 2 aromatic rings. The number of rotatable bonds is 3. The minimum absolute atomic E-state index is 0.201. The molecular weight excluding hydrogens is 238 g/mol. The van der Waals surface area contributed by atoms with Crippen LogP contribution in [-0.4, -0.2) is 12.1 Å². The molecule has 0 unspecified atom stereocenters. The third kappa shape index (κ3) is 2.18. The van der Waals surface area contributed by atoms with Gasteiger partial charge in [-0.2, -0.15) is 8.78 Å². The number of carbonyl (C=O) groups is 2. The number of hydrogen-bond donors (Lipinski definition) is 0. The summed E-state index contributed by atoms with van der Waals surface area (Å²) in [6.07, 6.45) is 0. The molecule has 4 heteroatoms. The highest BCUT2D eigenvalue weighted by Crippen LogP contribution is 2.27. The molecule has 0 heterocycles. The predicted octanol–water partition coefficient (Wildman–Crippen LogP) is 3.57. The van der Waals surface area contributed by atoms with Crippen molar-refractivity contribution >= 4 is 12.1 Å². The summed E-state index contributed by atoms with van der Waals surface area (Å²) in [7, 11) is 0. The van der Waals surface area contributed by atoms with Gasteiger partial charge < -0.3 is 0 Å². The number of benzene rings is 2. The van der Waals surface area contributed by atoms with Crippen LogP contribution in [0.2, 0.25) is 0 Å². The second kappa shape index (κ2) is 4.87. The molecule has 0 spiro atoms. The van der Waals surface area contributed by atoms with E-state index in [0.29, 0.717) is 5.56 Å². The lowest BCUT2D eigenvalue weighted by Crippen LogP contribution is -2.04. The van der Waals surface area contributed by atoms with E-state index in [0.717, 1.165) is 6.07 Å². The summed E-state index contributed by atoms with van der Waals surface area (Å²) >= 11 is 0. The second-order valence-electron chi connectivity index (χ2n) is 3.64. The summed E-state index contributed by atoms with van der Waals surface area (Å²) in [6.45, 7) is 0. The van der Waals surface area contributed by atoms with Crippen molar-refractivity contribution in [1.29, 1.82) is 0 Å². The van der Waals surface area contributed by atoms with Gasteiger partial charge in [-0.1, -0.05) is 42.5 Å². The molecule has 2 aromatic carbocycles. The molecule has 0 atom stereocenters. The predicted molar refractivity (Wildman–Crippen MR) is 62.8 cm³/mol. The quantitative estimate of drug-likeness (QED) is 0.776. The van der Waals surface area contributed by atoms with Crippen molar-refractivity contribution in [2.75, 3.05) is 0 Å². The van der Waals surface area contributed by atoms with E-state index in [4.69, 9.17) is 0 Å². The van der Waals surface area contributed by atoms with Crippen LogP contribution in [0, 0.1) is 0 Å². The summed E-state index contributed by atoms with van der Waals surface area (Å²) in [5.74, 6) is 0. The molecule has 0 amide bonds. The summed E-state index contributed by atoms with van der Waals surface area (Å²) in [5, 5.41) is 0. The van der Waals surface area contributed by atoms with Gasteiger partial charge in [-0.3, -0.25) is 9.59 Å². The van der Waals surface area contributed by atoms with E-state index >= 15 is 0 Å². The molecular formula is C14H8F2O2. The highest BCUT2D eigenvalue weighted by atomic mass is 19.1. The fourth-order valence-electron chi connectivity index (χ4n) is 1.79. The third-order valence-electron chi connectivity index (χ3n) is 2.56. The van der Waals surface area contributed by atoms with E-state index in [2.05, 4.69) is 0 Å². The maximum Gasteiger partial charge on any atom is 0.333 e. The average molecular weight is 246 g/mol. The Bertz CT molecular complexity index is 606. The van der Waals surface area contributed by atoms with Gasteiger partial charge in [-0.05, 0) is 17.2 Å². The Balaban J connectivity index is 2.72. The Hall–Kier alpha value is -2.36. The van der Waals surface area contributed by atoms with Gasteiger partial charge in [0, 0.05) is 0 Å².